The van der Waals surface area contributed by atoms with Gasteiger partial charge in [-0.3, -0.25) is 9.59 Å². The molecule has 0 radical (unpaired) electrons. The van der Waals surface area contributed by atoms with E-state index in [-0.39, 0.29) is 19.1 Å². The van der Waals surface area contributed by atoms with Crippen LogP contribution in [0.5, 0.6) is 11.5 Å². The van der Waals surface area contributed by atoms with Crippen molar-refractivity contribution in [3.63, 3.8) is 0 Å². The Morgan fingerprint density at radius 3 is 2.39 bits per heavy atom. The fourth-order valence-electron chi connectivity index (χ4n) is 5.02. The van der Waals surface area contributed by atoms with Crippen LogP contribution in [0.2, 0.25) is 0 Å². The lowest BCUT2D eigenvalue weighted by molar-refractivity contribution is -0.123. The number of hydrogen-bond donors (Lipinski definition) is 2. The molecule has 0 aromatic heterocycles. The maximum Gasteiger partial charge on any atom is 0.220 e. The molecule has 7 heteroatoms. The van der Waals surface area contributed by atoms with E-state index in [4.69, 9.17) is 9.47 Å². The molecule has 2 heterocycles. The number of Topliss-reactive ketones (excluding diaryl/α,β-unsaturated/α-hetero) is 1. The Labute approximate surface area is 227 Å². The highest BCUT2D eigenvalue weighted by atomic mass is 16.6. The van der Waals surface area contributed by atoms with Crippen LogP contribution in [0.25, 0.3) is 0 Å². The molecule has 2 aromatic rings. The number of ether oxygens (including phenoxy) is 2. The molecule has 2 aromatic carbocycles. The summed E-state index contributed by atoms with van der Waals surface area (Å²) in [4.78, 5) is 27.5. The van der Waals surface area contributed by atoms with Crippen LogP contribution in [-0.4, -0.2) is 60.6 Å². The van der Waals surface area contributed by atoms with Gasteiger partial charge in [-0.15, -0.1) is 0 Å². The quantitative estimate of drug-likeness (QED) is 0.294. The molecule has 7 nitrogen and oxygen atoms in total. The molecule has 38 heavy (non-hydrogen) atoms. The van der Waals surface area contributed by atoms with Crippen LogP contribution in [0.15, 0.2) is 48.5 Å². The predicted octanol–water partition coefficient (Wildman–Crippen LogP) is 5.18. The number of aliphatic hydroxyl groups is 1. The van der Waals surface area contributed by atoms with E-state index in [2.05, 4.69) is 17.1 Å². The summed E-state index contributed by atoms with van der Waals surface area (Å²) in [5.74, 6) is 2.09. The third-order valence-electron chi connectivity index (χ3n) is 7.37. The van der Waals surface area contributed by atoms with Gasteiger partial charge in [0.2, 0.25) is 5.91 Å². The Hall–Kier alpha value is -2.90. The summed E-state index contributed by atoms with van der Waals surface area (Å²) >= 11 is 0. The second kappa shape index (κ2) is 14.9. The van der Waals surface area contributed by atoms with Gasteiger partial charge in [-0.25, -0.2) is 0 Å². The van der Waals surface area contributed by atoms with E-state index in [9.17, 15) is 14.7 Å². The van der Waals surface area contributed by atoms with Crippen molar-refractivity contribution < 1.29 is 24.2 Å². The Kier molecular flexibility index (Phi) is 11.6. The minimum atomic E-state index is -0.859. The van der Waals surface area contributed by atoms with Crippen LogP contribution in [0.4, 0.5) is 0 Å². The van der Waals surface area contributed by atoms with Gasteiger partial charge in [0.1, 0.15) is 19.3 Å². The van der Waals surface area contributed by atoms with Crippen LogP contribution in [-0.2, 0) is 4.79 Å². The molecule has 0 aliphatic carbocycles. The zero-order valence-corrected chi connectivity index (χ0v) is 21.9. The number of hydrogen-bond acceptors (Lipinski definition) is 6. The first-order valence-electron chi connectivity index (χ1n) is 13.7. The number of carbonyl (C=O) groups is 2. The number of fused-ring (bicyclic) bond motifs is 1. The first-order valence-corrected chi connectivity index (χ1v) is 13.7. The molecular weight excluding hydrogens is 480 g/mol. The van der Waals surface area contributed by atoms with Gasteiger partial charge in [-0.2, -0.15) is 0 Å². The standard InChI is InChI=1S/C30H40N2O5.CH4/c1-22-14-16-32(17-15-22)21-25(30(35)24-12-13-27-28(20-24)37-19-18-36-27)31-29(34)11-7-3-6-10-26(33)23-8-4-2-5-9-23;/h2,4-5,8-9,12-13,20,22,25,30,35H,3,6-7,10-11,14-19,21H2,1H3,(H,31,34);1H4/t25-,30-;/m1./s1. The monoisotopic (exact) mass is 524 g/mol. The number of carbonyl (C=O) groups excluding carboxylic acids is 2. The number of nitrogens with one attached hydrogen (secondary N) is 1. The van der Waals surface area contributed by atoms with E-state index in [1.54, 1.807) is 0 Å². The number of rotatable bonds is 12. The van der Waals surface area contributed by atoms with Gasteiger partial charge in [0.05, 0.1) is 6.04 Å². The molecule has 208 valence electrons. The van der Waals surface area contributed by atoms with Gasteiger partial charge in [-0.1, -0.05) is 57.2 Å². The molecule has 4 rings (SSSR count). The van der Waals surface area contributed by atoms with E-state index in [0.717, 1.165) is 44.3 Å². The molecule has 0 spiro atoms. The number of unbranched alkanes of at least 4 members (excludes halogenated alkanes) is 2. The van der Waals surface area contributed by atoms with Crippen molar-refractivity contribution in [2.75, 3.05) is 32.8 Å². The van der Waals surface area contributed by atoms with E-state index >= 15 is 0 Å². The number of aliphatic hydroxyl groups excluding tert-OH is 1. The fraction of sp³-hybridized carbons (Fsp3) is 0.548. The summed E-state index contributed by atoms with van der Waals surface area (Å²) in [6.45, 7) is 5.80. The highest BCUT2D eigenvalue weighted by Crippen LogP contribution is 2.33. The van der Waals surface area contributed by atoms with Gasteiger partial charge in [0.15, 0.2) is 17.3 Å². The van der Waals surface area contributed by atoms with E-state index in [1.807, 2.05) is 48.5 Å². The van der Waals surface area contributed by atoms with Crippen LogP contribution < -0.4 is 14.8 Å². The van der Waals surface area contributed by atoms with Crippen molar-refractivity contribution in [2.24, 2.45) is 5.92 Å². The maximum atomic E-state index is 12.9. The topological polar surface area (TPSA) is 88.1 Å². The summed E-state index contributed by atoms with van der Waals surface area (Å²) < 4.78 is 11.3. The van der Waals surface area contributed by atoms with Crippen LogP contribution in [0.3, 0.4) is 0 Å². The van der Waals surface area contributed by atoms with Crippen molar-refractivity contribution >= 4 is 11.7 Å². The Balaban J connectivity index is 0.00000400. The molecule has 2 aliphatic heterocycles. The van der Waals surface area contributed by atoms with Crippen molar-refractivity contribution in [3.8, 4) is 11.5 Å². The molecule has 0 saturated carbocycles. The maximum absolute atomic E-state index is 12.9. The summed E-state index contributed by atoms with van der Waals surface area (Å²) in [6.07, 6.45) is 4.54. The molecule has 2 N–H and O–H groups in total. The SMILES string of the molecule is C.CC1CCN(C[C@@H](NC(=O)CCCCCC(=O)c2ccccc2)[C@H](O)c2ccc3c(c2)OCCO3)CC1. The summed E-state index contributed by atoms with van der Waals surface area (Å²) in [6, 6.07) is 14.4. The second-order valence-corrected chi connectivity index (χ2v) is 10.4. The summed E-state index contributed by atoms with van der Waals surface area (Å²) in [5.41, 5.74) is 1.45. The van der Waals surface area contributed by atoms with Gasteiger partial charge < -0.3 is 24.8 Å². The zero-order valence-electron chi connectivity index (χ0n) is 21.9. The molecule has 0 bridgehead atoms. The first-order chi connectivity index (χ1) is 18.0. The van der Waals surface area contributed by atoms with Crippen molar-refractivity contribution in [2.45, 2.75) is 71.4 Å². The number of nitrogens with zero attached hydrogens (tertiary/aromatic N) is 1. The van der Waals surface area contributed by atoms with E-state index < -0.39 is 12.1 Å². The lowest BCUT2D eigenvalue weighted by Crippen LogP contribution is -2.49. The van der Waals surface area contributed by atoms with E-state index in [0.29, 0.717) is 62.0 Å². The fourth-order valence-corrected chi connectivity index (χ4v) is 5.02. The third-order valence-corrected chi connectivity index (χ3v) is 7.37. The summed E-state index contributed by atoms with van der Waals surface area (Å²) in [7, 11) is 0. The lowest BCUT2D eigenvalue weighted by Gasteiger charge is -2.35. The van der Waals surface area contributed by atoms with Gasteiger partial charge in [0.25, 0.3) is 0 Å². The average Bonchev–Trinajstić information content (AvgIpc) is 2.93. The number of benzene rings is 2. The predicted molar refractivity (Wildman–Crippen MR) is 150 cm³/mol. The van der Waals surface area contributed by atoms with Crippen molar-refractivity contribution in [3.05, 3.63) is 59.7 Å². The highest BCUT2D eigenvalue weighted by molar-refractivity contribution is 5.95. The van der Waals surface area contributed by atoms with E-state index in [1.165, 1.54) is 0 Å². The van der Waals surface area contributed by atoms with Gasteiger partial charge in [-0.05, 0) is 62.4 Å². The average molecular weight is 525 g/mol. The lowest BCUT2D eigenvalue weighted by atomic mass is 9.96. The normalized spacial score (nSPS) is 17.2. The second-order valence-electron chi connectivity index (χ2n) is 10.4. The molecule has 2 aliphatic rings. The minimum Gasteiger partial charge on any atom is -0.486 e. The first kappa shape index (κ1) is 29.7. The molecule has 1 amide bonds. The molecular formula is C31H44N2O5. The largest absolute Gasteiger partial charge is 0.486 e. The zero-order chi connectivity index (χ0) is 26.0. The van der Waals surface area contributed by atoms with Gasteiger partial charge in [0, 0.05) is 24.9 Å². The third kappa shape index (κ3) is 8.57. The number of amides is 1. The highest BCUT2D eigenvalue weighted by Gasteiger charge is 2.28. The van der Waals surface area contributed by atoms with Gasteiger partial charge >= 0.3 is 0 Å². The van der Waals surface area contributed by atoms with Crippen molar-refractivity contribution in [1.82, 2.24) is 10.2 Å². The molecule has 1 fully saturated rings. The number of likely N-dealkylation sites (tertiary alicyclic amines) is 1. The molecule has 1 saturated heterocycles. The number of ketones is 1. The molecule has 0 unspecified atom stereocenters. The van der Waals surface area contributed by atoms with Crippen molar-refractivity contribution in [1.29, 1.82) is 0 Å². The Morgan fingerprint density at radius 1 is 0.974 bits per heavy atom. The summed E-state index contributed by atoms with van der Waals surface area (Å²) in [5, 5.41) is 14.4. The van der Waals surface area contributed by atoms with Crippen LogP contribution in [0.1, 0.15) is 81.3 Å². The number of piperidine rings is 1. The molecule has 2 atom stereocenters. The minimum absolute atomic E-state index is 0. The smallest absolute Gasteiger partial charge is 0.220 e. The Bertz CT molecular complexity index is 1020. The van der Waals surface area contributed by atoms with Crippen LogP contribution >= 0.6 is 0 Å². The van der Waals surface area contributed by atoms with Crippen LogP contribution in [0, 0.1) is 5.92 Å². The Morgan fingerprint density at radius 2 is 1.66 bits per heavy atom.